The van der Waals surface area contributed by atoms with E-state index in [-0.39, 0.29) is 33.6 Å². The molecule has 0 amide bonds. The first-order chi connectivity index (χ1) is 7.45. The van der Waals surface area contributed by atoms with E-state index in [4.69, 9.17) is 23.2 Å². The van der Waals surface area contributed by atoms with Crippen LogP contribution in [0.1, 0.15) is 23.7 Å². The number of ether oxygens (including phenoxy) is 1. The molecule has 16 heavy (non-hydrogen) atoms. The summed E-state index contributed by atoms with van der Waals surface area (Å²) in [5.41, 5.74) is 0.204. The van der Waals surface area contributed by atoms with Gasteiger partial charge in [0.1, 0.15) is 5.75 Å². The van der Waals surface area contributed by atoms with Gasteiger partial charge in [-0.3, -0.25) is 4.79 Å². The Kier molecular flexibility index (Phi) is 4.50. The van der Waals surface area contributed by atoms with Crippen LogP contribution in [-0.4, -0.2) is 12.4 Å². The van der Waals surface area contributed by atoms with Crippen molar-refractivity contribution < 1.29 is 18.3 Å². The molecule has 0 aliphatic heterocycles. The number of benzene rings is 1. The molecule has 0 saturated heterocycles. The standard InChI is InChI=1S/C10H8Cl2F2O2/c1-2-8(15)5-3-7(12)9(4-6(5)11)16-10(13)14/h3-4,10H,2H2,1H3. The van der Waals surface area contributed by atoms with Gasteiger partial charge < -0.3 is 4.74 Å². The number of carbonyl (C=O) groups is 1. The minimum Gasteiger partial charge on any atom is -0.433 e. The van der Waals surface area contributed by atoms with E-state index in [0.717, 1.165) is 6.07 Å². The molecule has 0 aliphatic carbocycles. The Balaban J connectivity index is 3.11. The third-order valence-corrected chi connectivity index (χ3v) is 2.47. The van der Waals surface area contributed by atoms with Crippen molar-refractivity contribution in [3.63, 3.8) is 0 Å². The molecule has 6 heteroatoms. The van der Waals surface area contributed by atoms with Crippen molar-refractivity contribution in [1.29, 1.82) is 0 Å². The molecule has 0 aromatic heterocycles. The predicted octanol–water partition coefficient (Wildman–Crippen LogP) is 4.19. The van der Waals surface area contributed by atoms with Crippen LogP contribution in [0.3, 0.4) is 0 Å². The van der Waals surface area contributed by atoms with Crippen molar-refractivity contribution in [1.82, 2.24) is 0 Å². The van der Waals surface area contributed by atoms with Crippen molar-refractivity contribution in [2.75, 3.05) is 0 Å². The second-order valence-electron chi connectivity index (χ2n) is 2.92. The topological polar surface area (TPSA) is 26.3 Å². The fourth-order valence-corrected chi connectivity index (χ4v) is 1.59. The molecule has 2 nitrogen and oxygen atoms in total. The van der Waals surface area contributed by atoms with Gasteiger partial charge in [-0.1, -0.05) is 30.1 Å². The van der Waals surface area contributed by atoms with E-state index < -0.39 is 6.61 Å². The Labute approximate surface area is 101 Å². The molecule has 0 radical (unpaired) electrons. The number of carbonyl (C=O) groups excluding carboxylic acids is 1. The molecule has 0 unspecified atom stereocenters. The number of ketones is 1. The van der Waals surface area contributed by atoms with Gasteiger partial charge in [-0.25, -0.2) is 0 Å². The molecular weight excluding hydrogens is 261 g/mol. The molecule has 1 rings (SSSR count). The lowest BCUT2D eigenvalue weighted by atomic mass is 10.1. The van der Waals surface area contributed by atoms with Gasteiger partial charge in [0.15, 0.2) is 5.78 Å². The number of rotatable bonds is 4. The fourth-order valence-electron chi connectivity index (χ4n) is 1.12. The average Bonchev–Trinajstić information content (AvgIpc) is 2.21. The Morgan fingerprint density at radius 2 is 2.00 bits per heavy atom. The van der Waals surface area contributed by atoms with Gasteiger partial charge in [0, 0.05) is 18.1 Å². The first-order valence-corrected chi connectivity index (χ1v) is 5.18. The second kappa shape index (κ2) is 5.46. The number of hydrogen-bond acceptors (Lipinski definition) is 2. The summed E-state index contributed by atoms with van der Waals surface area (Å²) in [6.45, 7) is -1.32. The van der Waals surface area contributed by atoms with Crippen molar-refractivity contribution in [2.24, 2.45) is 0 Å². The summed E-state index contributed by atoms with van der Waals surface area (Å²) in [6, 6.07) is 2.34. The lowest BCUT2D eigenvalue weighted by Gasteiger charge is -2.09. The second-order valence-corrected chi connectivity index (χ2v) is 3.73. The largest absolute Gasteiger partial charge is 0.433 e. The van der Waals surface area contributed by atoms with Gasteiger partial charge >= 0.3 is 6.61 Å². The normalized spacial score (nSPS) is 10.6. The summed E-state index contributed by atoms with van der Waals surface area (Å²) in [5, 5.41) is -0.0200. The van der Waals surface area contributed by atoms with Crippen molar-refractivity contribution >= 4 is 29.0 Å². The highest BCUT2D eigenvalue weighted by Gasteiger charge is 2.15. The van der Waals surface area contributed by atoms with Crippen LogP contribution in [0.5, 0.6) is 5.75 Å². The zero-order valence-electron chi connectivity index (χ0n) is 8.27. The quantitative estimate of drug-likeness (QED) is 0.766. The summed E-state index contributed by atoms with van der Waals surface area (Å²) >= 11 is 11.4. The molecule has 0 bridgehead atoms. The maximum Gasteiger partial charge on any atom is 0.387 e. The minimum absolute atomic E-state index is 0.0481. The van der Waals surface area contributed by atoms with Gasteiger partial charge in [0.25, 0.3) is 0 Å². The lowest BCUT2D eigenvalue weighted by Crippen LogP contribution is -2.04. The van der Waals surface area contributed by atoms with Crippen LogP contribution in [0.15, 0.2) is 12.1 Å². The zero-order valence-corrected chi connectivity index (χ0v) is 9.78. The van der Waals surface area contributed by atoms with Gasteiger partial charge in [0.2, 0.25) is 0 Å². The maximum absolute atomic E-state index is 12.0. The number of halogens is 4. The minimum atomic E-state index is -2.98. The van der Waals surface area contributed by atoms with Gasteiger partial charge in [0.05, 0.1) is 10.0 Å². The highest BCUT2D eigenvalue weighted by Crippen LogP contribution is 2.32. The predicted molar refractivity (Wildman–Crippen MR) is 57.7 cm³/mol. The van der Waals surface area contributed by atoms with Crippen LogP contribution in [0.25, 0.3) is 0 Å². The molecule has 1 aromatic rings. The number of alkyl halides is 2. The van der Waals surface area contributed by atoms with Gasteiger partial charge in [-0.15, -0.1) is 0 Å². The summed E-state index contributed by atoms with van der Waals surface area (Å²) in [6.07, 6.45) is 0.255. The molecule has 0 heterocycles. The molecule has 0 N–H and O–H groups in total. The highest BCUT2D eigenvalue weighted by molar-refractivity contribution is 6.36. The van der Waals surface area contributed by atoms with Gasteiger partial charge in [-0.2, -0.15) is 8.78 Å². The molecule has 0 saturated carbocycles. The number of hydrogen-bond donors (Lipinski definition) is 0. The average molecular weight is 269 g/mol. The van der Waals surface area contributed by atoms with E-state index in [0.29, 0.717) is 0 Å². The van der Waals surface area contributed by atoms with Crippen LogP contribution in [-0.2, 0) is 0 Å². The monoisotopic (exact) mass is 268 g/mol. The lowest BCUT2D eigenvalue weighted by molar-refractivity contribution is -0.0497. The van der Waals surface area contributed by atoms with E-state index in [1.54, 1.807) is 6.92 Å². The summed E-state index contributed by atoms with van der Waals surface area (Å²) in [5.74, 6) is -0.454. The van der Waals surface area contributed by atoms with Crippen LogP contribution < -0.4 is 4.74 Å². The molecule has 0 fully saturated rings. The van der Waals surface area contributed by atoms with Crippen LogP contribution in [0, 0.1) is 0 Å². The molecular formula is C10H8Cl2F2O2. The first kappa shape index (κ1) is 13.2. The molecule has 0 spiro atoms. The molecule has 1 aromatic carbocycles. The van der Waals surface area contributed by atoms with E-state index in [1.165, 1.54) is 6.07 Å². The highest BCUT2D eigenvalue weighted by atomic mass is 35.5. The first-order valence-electron chi connectivity index (χ1n) is 4.42. The Hall–Kier alpha value is -0.870. The van der Waals surface area contributed by atoms with Crippen LogP contribution in [0.2, 0.25) is 10.0 Å². The summed E-state index contributed by atoms with van der Waals surface area (Å²) < 4.78 is 28.1. The van der Waals surface area contributed by atoms with Crippen molar-refractivity contribution in [2.45, 2.75) is 20.0 Å². The molecule has 0 atom stereocenters. The number of Topliss-reactive ketones (excluding diaryl/α,β-unsaturated/α-hetero) is 1. The Morgan fingerprint density at radius 3 is 2.50 bits per heavy atom. The zero-order chi connectivity index (χ0) is 12.3. The van der Waals surface area contributed by atoms with E-state index >= 15 is 0 Å². The third kappa shape index (κ3) is 3.06. The maximum atomic E-state index is 12.0. The van der Waals surface area contributed by atoms with E-state index in [2.05, 4.69) is 4.74 Å². The summed E-state index contributed by atoms with van der Waals surface area (Å²) in [7, 11) is 0. The molecule has 88 valence electrons. The van der Waals surface area contributed by atoms with Crippen LogP contribution in [0.4, 0.5) is 8.78 Å². The Morgan fingerprint density at radius 1 is 1.38 bits per heavy atom. The SMILES string of the molecule is CCC(=O)c1cc(Cl)c(OC(F)F)cc1Cl. The Bertz CT molecular complexity index is 408. The van der Waals surface area contributed by atoms with Gasteiger partial charge in [-0.05, 0) is 6.07 Å². The summed E-state index contributed by atoms with van der Waals surface area (Å²) in [4.78, 5) is 11.4. The molecule has 0 aliphatic rings. The smallest absolute Gasteiger partial charge is 0.387 e. The third-order valence-electron chi connectivity index (χ3n) is 1.86. The van der Waals surface area contributed by atoms with E-state index in [9.17, 15) is 13.6 Å². The van der Waals surface area contributed by atoms with Crippen molar-refractivity contribution in [3.05, 3.63) is 27.7 Å². The van der Waals surface area contributed by atoms with Crippen LogP contribution >= 0.6 is 23.2 Å². The van der Waals surface area contributed by atoms with E-state index in [1.807, 2.05) is 0 Å². The van der Waals surface area contributed by atoms with Crippen molar-refractivity contribution in [3.8, 4) is 5.75 Å². The fraction of sp³-hybridized carbons (Fsp3) is 0.300.